The molecule has 0 aliphatic rings. The fraction of sp³-hybridized carbons (Fsp3) is 0.583. The monoisotopic (exact) mass is 240 g/mol. The summed E-state index contributed by atoms with van der Waals surface area (Å²) in [5, 5.41) is 3.29. The molecule has 0 aromatic carbocycles. The van der Waals surface area contributed by atoms with Crippen LogP contribution in [0.3, 0.4) is 0 Å². The molecule has 96 valence electrons. The molecule has 5 heteroatoms. The van der Waals surface area contributed by atoms with Gasteiger partial charge in [-0.2, -0.15) is 0 Å². The lowest BCUT2D eigenvalue weighted by molar-refractivity contribution is -0.122. The minimum absolute atomic E-state index is 0.0279. The van der Waals surface area contributed by atoms with E-state index in [1.807, 2.05) is 19.9 Å². The summed E-state index contributed by atoms with van der Waals surface area (Å²) in [5.41, 5.74) is 6.10. The Balaban J connectivity index is 2.28. The number of hydrogen-bond acceptors (Lipinski definition) is 4. The van der Waals surface area contributed by atoms with Crippen LogP contribution in [0.2, 0.25) is 0 Å². The van der Waals surface area contributed by atoms with Gasteiger partial charge in [0.05, 0.1) is 6.61 Å². The number of carbonyl (C=O) groups excluding carboxylic acids is 1. The van der Waals surface area contributed by atoms with Crippen molar-refractivity contribution in [1.82, 2.24) is 5.32 Å². The van der Waals surface area contributed by atoms with E-state index in [2.05, 4.69) is 12.2 Å². The molecular weight excluding hydrogens is 220 g/mol. The predicted molar refractivity (Wildman–Crippen MR) is 64.6 cm³/mol. The van der Waals surface area contributed by atoms with Crippen molar-refractivity contribution in [3.05, 3.63) is 23.2 Å². The summed E-state index contributed by atoms with van der Waals surface area (Å²) in [4.78, 5) is 10.4. The van der Waals surface area contributed by atoms with Crippen LogP contribution in [-0.2, 0) is 9.53 Å². The van der Waals surface area contributed by atoms with Crippen molar-refractivity contribution >= 4 is 5.91 Å². The van der Waals surface area contributed by atoms with Crippen LogP contribution in [0, 0.1) is 13.8 Å². The van der Waals surface area contributed by atoms with Gasteiger partial charge in [0.25, 0.3) is 0 Å². The molecule has 1 aromatic rings. The maximum absolute atomic E-state index is 10.4. The zero-order valence-corrected chi connectivity index (χ0v) is 10.6. The number of nitrogens with two attached hydrogens (primary N) is 1. The first-order chi connectivity index (χ1) is 8.00. The van der Waals surface area contributed by atoms with Crippen molar-refractivity contribution < 1.29 is 13.9 Å². The summed E-state index contributed by atoms with van der Waals surface area (Å²) in [7, 11) is 0. The maximum atomic E-state index is 10.4. The van der Waals surface area contributed by atoms with Crippen molar-refractivity contribution in [2.45, 2.75) is 26.8 Å². The van der Waals surface area contributed by atoms with Crippen LogP contribution >= 0.6 is 0 Å². The molecule has 1 heterocycles. The molecule has 0 saturated heterocycles. The third kappa shape index (κ3) is 4.58. The van der Waals surface area contributed by atoms with Crippen LogP contribution in [-0.4, -0.2) is 25.7 Å². The van der Waals surface area contributed by atoms with Crippen molar-refractivity contribution in [2.24, 2.45) is 5.73 Å². The minimum Gasteiger partial charge on any atom is -0.466 e. The topological polar surface area (TPSA) is 77.5 Å². The van der Waals surface area contributed by atoms with Crippen LogP contribution in [0.4, 0.5) is 0 Å². The summed E-state index contributed by atoms with van der Waals surface area (Å²) in [6.45, 7) is 7.04. The second-order valence-electron chi connectivity index (χ2n) is 4.06. The molecule has 0 fully saturated rings. The van der Waals surface area contributed by atoms with Gasteiger partial charge in [-0.3, -0.25) is 4.79 Å². The molecule has 0 aliphatic carbocycles. The van der Waals surface area contributed by atoms with Gasteiger partial charge in [-0.15, -0.1) is 0 Å². The van der Waals surface area contributed by atoms with Gasteiger partial charge in [-0.1, -0.05) is 0 Å². The van der Waals surface area contributed by atoms with E-state index < -0.39 is 5.91 Å². The van der Waals surface area contributed by atoms with Crippen molar-refractivity contribution in [1.29, 1.82) is 0 Å². The molecule has 17 heavy (non-hydrogen) atoms. The van der Waals surface area contributed by atoms with E-state index in [1.54, 1.807) is 0 Å². The first-order valence-electron chi connectivity index (χ1n) is 5.67. The number of primary amides is 1. The third-order valence-corrected chi connectivity index (χ3v) is 2.49. The normalized spacial score (nSPS) is 12.6. The Morgan fingerprint density at radius 3 is 2.82 bits per heavy atom. The van der Waals surface area contributed by atoms with Crippen molar-refractivity contribution in [3.63, 3.8) is 0 Å². The zero-order chi connectivity index (χ0) is 12.8. The van der Waals surface area contributed by atoms with E-state index >= 15 is 0 Å². The van der Waals surface area contributed by atoms with Gasteiger partial charge in [0.1, 0.15) is 18.1 Å². The number of nitrogens with one attached hydrogen (secondary N) is 1. The Kier molecular flexibility index (Phi) is 5.18. The van der Waals surface area contributed by atoms with Crippen molar-refractivity contribution in [3.8, 4) is 0 Å². The first-order valence-corrected chi connectivity index (χ1v) is 5.67. The molecule has 0 saturated carbocycles. The van der Waals surface area contributed by atoms with Gasteiger partial charge in [-0.05, 0) is 26.8 Å². The number of hydrogen-bond donors (Lipinski definition) is 2. The molecule has 1 rings (SSSR count). The number of ether oxygens (including phenoxy) is 1. The molecule has 0 aliphatic heterocycles. The van der Waals surface area contributed by atoms with E-state index in [0.29, 0.717) is 13.2 Å². The maximum Gasteiger partial charge on any atom is 0.243 e. The van der Waals surface area contributed by atoms with Gasteiger partial charge in [0.15, 0.2) is 0 Å². The smallest absolute Gasteiger partial charge is 0.243 e. The fourth-order valence-corrected chi connectivity index (χ4v) is 1.71. The number of aryl methyl sites for hydroxylation is 2. The summed E-state index contributed by atoms with van der Waals surface area (Å²) in [5.74, 6) is 1.40. The third-order valence-electron chi connectivity index (χ3n) is 2.49. The van der Waals surface area contributed by atoms with E-state index in [1.165, 1.54) is 0 Å². The zero-order valence-electron chi connectivity index (χ0n) is 10.6. The summed E-state index contributed by atoms with van der Waals surface area (Å²) in [6, 6.07) is 2.22. The molecule has 0 radical (unpaired) electrons. The SMILES string of the molecule is Cc1cc(C(C)NCCOCC(N)=O)c(C)o1. The lowest BCUT2D eigenvalue weighted by Crippen LogP contribution is -2.26. The van der Waals surface area contributed by atoms with Gasteiger partial charge in [0, 0.05) is 18.2 Å². The highest BCUT2D eigenvalue weighted by Crippen LogP contribution is 2.20. The Labute approximate surface area is 101 Å². The lowest BCUT2D eigenvalue weighted by Gasteiger charge is -2.12. The Bertz CT molecular complexity index is 374. The van der Waals surface area contributed by atoms with E-state index in [4.69, 9.17) is 14.9 Å². The van der Waals surface area contributed by atoms with Crippen molar-refractivity contribution in [2.75, 3.05) is 19.8 Å². The number of furan rings is 1. The highest BCUT2D eigenvalue weighted by molar-refractivity contribution is 5.74. The van der Waals surface area contributed by atoms with Crippen LogP contribution in [0.5, 0.6) is 0 Å². The highest BCUT2D eigenvalue weighted by atomic mass is 16.5. The predicted octanol–water partition coefficient (Wildman–Crippen LogP) is 1.05. The van der Waals surface area contributed by atoms with E-state index in [-0.39, 0.29) is 12.6 Å². The molecule has 1 atom stereocenters. The number of carbonyl (C=O) groups is 1. The highest BCUT2D eigenvalue weighted by Gasteiger charge is 2.11. The quantitative estimate of drug-likeness (QED) is 0.698. The average molecular weight is 240 g/mol. The first kappa shape index (κ1) is 13.7. The Morgan fingerprint density at radius 2 is 2.29 bits per heavy atom. The lowest BCUT2D eigenvalue weighted by atomic mass is 10.1. The second kappa shape index (κ2) is 6.42. The molecule has 0 bridgehead atoms. The van der Waals surface area contributed by atoms with Gasteiger partial charge >= 0.3 is 0 Å². The second-order valence-corrected chi connectivity index (χ2v) is 4.06. The Morgan fingerprint density at radius 1 is 1.59 bits per heavy atom. The summed E-state index contributed by atoms with van der Waals surface area (Å²) >= 11 is 0. The van der Waals surface area contributed by atoms with Gasteiger partial charge < -0.3 is 20.2 Å². The molecule has 0 spiro atoms. The Hall–Kier alpha value is -1.33. The van der Waals surface area contributed by atoms with Crippen LogP contribution in [0.15, 0.2) is 10.5 Å². The van der Waals surface area contributed by atoms with E-state index in [0.717, 1.165) is 17.1 Å². The molecule has 5 nitrogen and oxygen atoms in total. The molecule has 1 aromatic heterocycles. The van der Waals surface area contributed by atoms with Gasteiger partial charge in [0.2, 0.25) is 5.91 Å². The molecule has 3 N–H and O–H groups in total. The summed E-state index contributed by atoms with van der Waals surface area (Å²) in [6.07, 6.45) is 0. The van der Waals surface area contributed by atoms with Crippen LogP contribution < -0.4 is 11.1 Å². The number of amides is 1. The van der Waals surface area contributed by atoms with E-state index in [9.17, 15) is 4.79 Å². The van der Waals surface area contributed by atoms with Crippen LogP contribution in [0.1, 0.15) is 30.0 Å². The molecular formula is C12H20N2O3. The fourth-order valence-electron chi connectivity index (χ4n) is 1.71. The average Bonchev–Trinajstić information content (AvgIpc) is 2.56. The molecule has 1 amide bonds. The van der Waals surface area contributed by atoms with Gasteiger partial charge in [-0.25, -0.2) is 0 Å². The largest absolute Gasteiger partial charge is 0.466 e. The molecule has 1 unspecified atom stereocenters. The summed E-state index contributed by atoms with van der Waals surface area (Å²) < 4.78 is 10.5. The number of rotatable bonds is 7. The standard InChI is InChI=1S/C12H20N2O3/c1-8-6-11(10(3)17-8)9(2)14-4-5-16-7-12(13)15/h6,9,14H,4-5,7H2,1-3H3,(H2,13,15). The van der Waals surface area contributed by atoms with Crippen LogP contribution in [0.25, 0.3) is 0 Å². The minimum atomic E-state index is -0.445.